The van der Waals surface area contributed by atoms with E-state index in [-0.39, 0.29) is 11.8 Å². The molecule has 2 N–H and O–H groups in total. The number of carbonyl (C=O) groups excluding carboxylic acids is 1. The molecule has 19 heavy (non-hydrogen) atoms. The summed E-state index contributed by atoms with van der Waals surface area (Å²) in [5.74, 6) is -0.107. The number of thiophene rings is 1. The molecule has 0 saturated carbocycles. The lowest BCUT2D eigenvalue weighted by Gasteiger charge is -2.09. The van der Waals surface area contributed by atoms with Gasteiger partial charge in [0.1, 0.15) is 0 Å². The molecule has 0 aliphatic rings. The average Bonchev–Trinajstić information content (AvgIpc) is 2.81. The van der Waals surface area contributed by atoms with Crippen molar-refractivity contribution in [3.05, 3.63) is 28.0 Å². The Labute approximate surface area is 120 Å². The number of thioether (sulfide) groups is 1. The highest BCUT2D eigenvalue weighted by molar-refractivity contribution is 7.98. The Kier molecular flexibility index (Phi) is 6.66. The lowest BCUT2D eigenvalue weighted by molar-refractivity contribution is -0.131. The van der Waals surface area contributed by atoms with E-state index in [1.165, 1.54) is 11.3 Å². The van der Waals surface area contributed by atoms with Gasteiger partial charge < -0.3 is 10.4 Å². The molecule has 1 aromatic heterocycles. The second-order valence-electron chi connectivity index (χ2n) is 4.05. The van der Waals surface area contributed by atoms with Crippen LogP contribution in [0.25, 0.3) is 6.08 Å². The van der Waals surface area contributed by atoms with E-state index in [0.717, 1.165) is 21.6 Å². The molecule has 1 heterocycles. The van der Waals surface area contributed by atoms with Gasteiger partial charge in [-0.3, -0.25) is 4.79 Å². The molecule has 4 nitrogen and oxygen atoms in total. The summed E-state index contributed by atoms with van der Waals surface area (Å²) in [4.78, 5) is 24.0. The van der Waals surface area contributed by atoms with Gasteiger partial charge in [-0.1, -0.05) is 6.92 Å². The zero-order valence-electron chi connectivity index (χ0n) is 10.9. The molecule has 104 valence electrons. The monoisotopic (exact) mass is 299 g/mol. The van der Waals surface area contributed by atoms with Crippen molar-refractivity contribution in [1.29, 1.82) is 0 Å². The third-order valence-corrected chi connectivity index (χ3v) is 4.26. The second-order valence-corrected chi connectivity index (χ2v) is 6.16. The van der Waals surface area contributed by atoms with Crippen LogP contribution in [0.3, 0.4) is 0 Å². The van der Waals surface area contributed by atoms with Gasteiger partial charge in [-0.2, -0.15) is 11.8 Å². The molecule has 1 rings (SSSR count). The maximum absolute atomic E-state index is 11.7. The molecule has 0 fully saturated rings. The van der Waals surface area contributed by atoms with Crippen molar-refractivity contribution in [2.45, 2.75) is 13.5 Å². The van der Waals surface area contributed by atoms with Gasteiger partial charge in [-0.05, 0) is 24.5 Å². The van der Waals surface area contributed by atoms with Crippen molar-refractivity contribution in [2.75, 3.05) is 12.0 Å². The van der Waals surface area contributed by atoms with Crippen molar-refractivity contribution in [3.8, 4) is 0 Å². The molecular formula is C13H17NO3S2. The van der Waals surface area contributed by atoms with Crippen LogP contribution in [0.4, 0.5) is 0 Å². The van der Waals surface area contributed by atoms with Crippen LogP contribution < -0.4 is 5.32 Å². The van der Waals surface area contributed by atoms with Crippen molar-refractivity contribution in [2.24, 2.45) is 5.92 Å². The van der Waals surface area contributed by atoms with Gasteiger partial charge in [-0.15, -0.1) is 11.3 Å². The number of amides is 1. The largest absolute Gasteiger partial charge is 0.478 e. The summed E-state index contributed by atoms with van der Waals surface area (Å²) in [5.41, 5.74) is 0. The maximum Gasteiger partial charge on any atom is 0.328 e. The fraction of sp³-hybridized carbons (Fsp3) is 0.385. The summed E-state index contributed by atoms with van der Waals surface area (Å²) >= 11 is 3.12. The fourth-order valence-electron chi connectivity index (χ4n) is 1.41. The number of hydrogen-bond acceptors (Lipinski definition) is 4. The molecule has 0 aliphatic carbocycles. The Morgan fingerprint density at radius 3 is 2.89 bits per heavy atom. The molecule has 0 radical (unpaired) electrons. The summed E-state index contributed by atoms with van der Waals surface area (Å²) in [5, 5.41) is 11.4. The third-order valence-electron chi connectivity index (χ3n) is 2.37. The van der Waals surface area contributed by atoms with Crippen LogP contribution in [0.1, 0.15) is 16.7 Å². The lowest BCUT2D eigenvalue weighted by atomic mass is 10.2. The molecule has 0 aromatic carbocycles. The first-order valence-electron chi connectivity index (χ1n) is 5.79. The SMILES string of the molecule is CSCC(C)C(=O)NCc1ccc(/C=C/C(=O)O)s1. The van der Waals surface area contributed by atoms with E-state index < -0.39 is 5.97 Å². The summed E-state index contributed by atoms with van der Waals surface area (Å²) in [6.07, 6.45) is 4.63. The number of rotatable bonds is 7. The number of nitrogens with one attached hydrogen (secondary N) is 1. The van der Waals surface area contributed by atoms with Crippen LogP contribution in [-0.4, -0.2) is 29.0 Å². The van der Waals surface area contributed by atoms with Gasteiger partial charge in [-0.25, -0.2) is 4.79 Å². The van der Waals surface area contributed by atoms with Crippen molar-refractivity contribution in [3.63, 3.8) is 0 Å². The van der Waals surface area contributed by atoms with Crippen LogP contribution in [-0.2, 0) is 16.1 Å². The number of aliphatic carboxylic acids is 1. The molecule has 0 saturated heterocycles. The molecule has 0 spiro atoms. The first kappa shape index (κ1) is 15.8. The van der Waals surface area contributed by atoms with Gasteiger partial charge in [0, 0.05) is 27.5 Å². The molecule has 1 unspecified atom stereocenters. The van der Waals surface area contributed by atoms with Gasteiger partial charge in [0.2, 0.25) is 5.91 Å². The van der Waals surface area contributed by atoms with E-state index in [1.54, 1.807) is 17.8 Å². The van der Waals surface area contributed by atoms with Crippen molar-refractivity contribution >= 4 is 41.1 Å². The number of carboxylic acids is 1. The van der Waals surface area contributed by atoms with Crippen LogP contribution in [0.15, 0.2) is 18.2 Å². The van der Waals surface area contributed by atoms with Gasteiger partial charge >= 0.3 is 5.97 Å². The normalized spacial score (nSPS) is 12.5. The van der Waals surface area contributed by atoms with Crippen molar-refractivity contribution in [1.82, 2.24) is 5.32 Å². The molecular weight excluding hydrogens is 282 g/mol. The first-order valence-corrected chi connectivity index (χ1v) is 8.00. The van der Waals surface area contributed by atoms with Gasteiger partial charge in [0.15, 0.2) is 0 Å². The summed E-state index contributed by atoms with van der Waals surface area (Å²) < 4.78 is 0. The van der Waals surface area contributed by atoms with Crippen LogP contribution >= 0.6 is 23.1 Å². The van der Waals surface area contributed by atoms with Crippen LogP contribution in [0, 0.1) is 5.92 Å². The number of carboxylic acid groups (broad SMARTS) is 1. The fourth-order valence-corrected chi connectivity index (χ4v) is 2.91. The first-order chi connectivity index (χ1) is 9.02. The molecule has 1 atom stereocenters. The lowest BCUT2D eigenvalue weighted by Crippen LogP contribution is -2.29. The van der Waals surface area contributed by atoms with E-state index in [2.05, 4.69) is 5.32 Å². The summed E-state index contributed by atoms with van der Waals surface area (Å²) in [7, 11) is 0. The minimum absolute atomic E-state index is 0.00124. The standard InChI is InChI=1S/C13H17NO3S2/c1-9(8-18-2)13(17)14-7-11-4-3-10(19-11)5-6-12(15)16/h3-6,9H,7-8H2,1-2H3,(H,14,17)(H,15,16)/b6-5+. The minimum Gasteiger partial charge on any atom is -0.478 e. The molecule has 6 heteroatoms. The molecule has 0 aliphatic heterocycles. The van der Waals surface area contributed by atoms with Crippen LogP contribution in [0.5, 0.6) is 0 Å². The van der Waals surface area contributed by atoms with E-state index in [1.807, 2.05) is 25.3 Å². The Hall–Kier alpha value is -1.27. The highest BCUT2D eigenvalue weighted by Gasteiger charge is 2.11. The second kappa shape index (κ2) is 8.01. The minimum atomic E-state index is -0.964. The van der Waals surface area contributed by atoms with E-state index in [0.29, 0.717) is 6.54 Å². The zero-order valence-corrected chi connectivity index (χ0v) is 12.5. The molecule has 0 bridgehead atoms. The maximum atomic E-state index is 11.7. The Morgan fingerprint density at radius 2 is 2.26 bits per heavy atom. The number of hydrogen-bond donors (Lipinski definition) is 2. The van der Waals surface area contributed by atoms with E-state index in [4.69, 9.17) is 5.11 Å². The summed E-state index contributed by atoms with van der Waals surface area (Å²) in [6.45, 7) is 2.39. The van der Waals surface area contributed by atoms with Crippen LogP contribution in [0.2, 0.25) is 0 Å². The van der Waals surface area contributed by atoms with E-state index >= 15 is 0 Å². The van der Waals surface area contributed by atoms with Gasteiger partial charge in [0.25, 0.3) is 0 Å². The highest BCUT2D eigenvalue weighted by Crippen LogP contribution is 2.18. The third kappa shape index (κ3) is 5.94. The quantitative estimate of drug-likeness (QED) is 0.759. The smallest absolute Gasteiger partial charge is 0.328 e. The van der Waals surface area contributed by atoms with Gasteiger partial charge in [0.05, 0.1) is 6.54 Å². The topological polar surface area (TPSA) is 66.4 Å². The molecule has 1 amide bonds. The Balaban J connectivity index is 2.46. The zero-order chi connectivity index (χ0) is 14.3. The highest BCUT2D eigenvalue weighted by atomic mass is 32.2. The predicted octanol–water partition coefficient (Wildman–Crippen LogP) is 2.46. The van der Waals surface area contributed by atoms with E-state index in [9.17, 15) is 9.59 Å². The molecule has 1 aromatic rings. The number of carbonyl (C=O) groups is 2. The Morgan fingerprint density at radius 1 is 1.53 bits per heavy atom. The average molecular weight is 299 g/mol. The Bertz CT molecular complexity index is 468. The predicted molar refractivity (Wildman–Crippen MR) is 80.4 cm³/mol. The van der Waals surface area contributed by atoms with Crippen molar-refractivity contribution < 1.29 is 14.7 Å². The summed E-state index contributed by atoms with van der Waals surface area (Å²) in [6, 6.07) is 3.74.